The maximum Gasteiger partial charge on any atom is 0.255 e. The molecular weight excluding hydrogens is 200 g/mol. The first-order valence-electron chi connectivity index (χ1n) is 5.10. The van der Waals surface area contributed by atoms with Gasteiger partial charge in [0.05, 0.1) is 5.69 Å². The molecule has 0 atom stereocenters. The third-order valence-electron chi connectivity index (χ3n) is 2.67. The number of nitrogens with zero attached hydrogens (tertiary/aromatic N) is 1. The first kappa shape index (κ1) is 8.97. The maximum atomic E-state index is 11.7. The fraction of sp³-hybridized carbons (Fsp3) is 0. The first-order chi connectivity index (χ1) is 7.86. The van der Waals surface area contributed by atoms with Gasteiger partial charge in [0.2, 0.25) is 0 Å². The Labute approximate surface area is 92.7 Å². The molecule has 0 saturated heterocycles. The van der Waals surface area contributed by atoms with Crippen LogP contribution in [-0.2, 0) is 0 Å². The summed E-state index contributed by atoms with van der Waals surface area (Å²) < 4.78 is 1.65. The molecule has 3 heteroatoms. The van der Waals surface area contributed by atoms with Crippen LogP contribution in [0.2, 0.25) is 0 Å². The zero-order valence-electron chi connectivity index (χ0n) is 8.55. The summed E-state index contributed by atoms with van der Waals surface area (Å²) in [5, 5.41) is 3.05. The molecule has 3 heterocycles. The van der Waals surface area contributed by atoms with Crippen molar-refractivity contribution < 1.29 is 0 Å². The number of aromatic nitrogens is 1. The molecule has 0 amide bonds. The van der Waals surface area contributed by atoms with Crippen molar-refractivity contribution in [2.45, 2.75) is 0 Å². The Bertz CT molecular complexity index is 615. The Balaban J connectivity index is 2.31. The van der Waals surface area contributed by atoms with Gasteiger partial charge < -0.3 is 5.32 Å². The third kappa shape index (κ3) is 1.26. The zero-order chi connectivity index (χ0) is 11.0. The van der Waals surface area contributed by atoms with E-state index in [1.165, 1.54) is 0 Å². The van der Waals surface area contributed by atoms with E-state index < -0.39 is 0 Å². The minimum absolute atomic E-state index is 0.0150. The fourth-order valence-electron chi connectivity index (χ4n) is 1.92. The second-order valence-corrected chi connectivity index (χ2v) is 3.64. The number of dihydropyridines is 1. The van der Waals surface area contributed by atoms with Crippen molar-refractivity contribution >= 4 is 11.8 Å². The molecule has 3 nitrogen and oxygen atoms in total. The van der Waals surface area contributed by atoms with Crippen molar-refractivity contribution in [2.24, 2.45) is 0 Å². The highest BCUT2D eigenvalue weighted by atomic mass is 16.1. The highest BCUT2D eigenvalue weighted by Gasteiger charge is 2.13. The summed E-state index contributed by atoms with van der Waals surface area (Å²) in [5.41, 5.74) is 3.03. The quantitative estimate of drug-likeness (QED) is 0.707. The molecule has 0 bridgehead atoms. The number of fused-ring (bicyclic) bond motifs is 3. The summed E-state index contributed by atoms with van der Waals surface area (Å²) in [6, 6.07) is 5.28. The van der Waals surface area contributed by atoms with Gasteiger partial charge in [-0.2, -0.15) is 0 Å². The normalized spacial score (nSPS) is 16.5. The van der Waals surface area contributed by atoms with Crippen LogP contribution in [-0.4, -0.2) is 4.57 Å². The summed E-state index contributed by atoms with van der Waals surface area (Å²) in [5.74, 6) is 0. The van der Waals surface area contributed by atoms with Crippen LogP contribution in [0.25, 0.3) is 11.8 Å². The smallest absolute Gasteiger partial charge is 0.255 e. The molecule has 16 heavy (non-hydrogen) atoms. The average Bonchev–Trinajstić information content (AvgIpc) is 2.50. The van der Waals surface area contributed by atoms with Crippen molar-refractivity contribution in [2.75, 3.05) is 0 Å². The molecule has 78 valence electrons. The van der Waals surface area contributed by atoms with Gasteiger partial charge in [-0.15, -0.1) is 0 Å². The predicted octanol–water partition coefficient (Wildman–Crippen LogP) is 1.72. The van der Waals surface area contributed by atoms with Crippen LogP contribution in [0.5, 0.6) is 0 Å². The van der Waals surface area contributed by atoms with E-state index in [0.717, 1.165) is 16.8 Å². The van der Waals surface area contributed by atoms with E-state index >= 15 is 0 Å². The minimum Gasteiger partial charge on any atom is -0.367 e. The van der Waals surface area contributed by atoms with Gasteiger partial charge in [0, 0.05) is 30.2 Å². The van der Waals surface area contributed by atoms with E-state index in [2.05, 4.69) is 5.32 Å². The lowest BCUT2D eigenvalue weighted by molar-refractivity contribution is 1.03. The van der Waals surface area contributed by atoms with E-state index in [9.17, 15) is 4.79 Å². The molecule has 0 radical (unpaired) electrons. The van der Waals surface area contributed by atoms with Crippen LogP contribution in [0.1, 0.15) is 5.69 Å². The van der Waals surface area contributed by atoms with Gasteiger partial charge in [-0.3, -0.25) is 9.36 Å². The van der Waals surface area contributed by atoms with Crippen LogP contribution in [0.15, 0.2) is 59.2 Å². The SMILES string of the molecule is O=c1cccc2n1C=CC=C1C=CNC=C12. The number of nitrogens with one attached hydrogen (secondary N) is 1. The molecule has 0 spiro atoms. The third-order valence-corrected chi connectivity index (χ3v) is 2.67. The number of rotatable bonds is 0. The molecule has 2 aliphatic rings. The molecule has 2 aliphatic heterocycles. The van der Waals surface area contributed by atoms with E-state index in [4.69, 9.17) is 0 Å². The Morgan fingerprint density at radius 3 is 3.12 bits per heavy atom. The molecule has 0 aliphatic carbocycles. The number of allylic oxidation sites excluding steroid dienone is 5. The second-order valence-electron chi connectivity index (χ2n) is 3.64. The van der Waals surface area contributed by atoms with E-state index in [0.29, 0.717) is 0 Å². The lowest BCUT2D eigenvalue weighted by atomic mass is 10.0. The van der Waals surface area contributed by atoms with Gasteiger partial charge in [0.1, 0.15) is 0 Å². The van der Waals surface area contributed by atoms with Crippen LogP contribution in [0.3, 0.4) is 0 Å². The van der Waals surface area contributed by atoms with Crippen molar-refractivity contribution in [3.8, 4) is 0 Å². The molecule has 0 saturated carbocycles. The number of hydrogen-bond donors (Lipinski definition) is 1. The van der Waals surface area contributed by atoms with E-state index in [1.54, 1.807) is 22.9 Å². The van der Waals surface area contributed by atoms with Crippen LogP contribution in [0, 0.1) is 0 Å². The van der Waals surface area contributed by atoms with Gasteiger partial charge in [-0.05, 0) is 23.8 Å². The Hall–Kier alpha value is -2.29. The van der Waals surface area contributed by atoms with Gasteiger partial charge in [-0.25, -0.2) is 0 Å². The fourth-order valence-corrected chi connectivity index (χ4v) is 1.92. The van der Waals surface area contributed by atoms with E-state index in [-0.39, 0.29) is 5.56 Å². The second kappa shape index (κ2) is 3.38. The summed E-state index contributed by atoms with van der Waals surface area (Å²) in [4.78, 5) is 11.7. The van der Waals surface area contributed by atoms with Crippen molar-refractivity contribution in [1.29, 1.82) is 0 Å². The number of pyridine rings is 1. The summed E-state index contributed by atoms with van der Waals surface area (Å²) in [6.45, 7) is 0. The average molecular weight is 210 g/mol. The standard InChI is InChI=1S/C13H10N2O/c16-13-5-1-4-12-11-9-14-7-6-10(11)3-2-8-15(12)13/h1-9,14H. The first-order valence-corrected chi connectivity index (χ1v) is 5.10. The summed E-state index contributed by atoms with van der Waals surface area (Å²) >= 11 is 0. The van der Waals surface area contributed by atoms with Crippen molar-refractivity contribution in [1.82, 2.24) is 9.88 Å². The minimum atomic E-state index is -0.0150. The molecule has 1 aromatic heterocycles. The summed E-state index contributed by atoms with van der Waals surface area (Å²) in [7, 11) is 0. The van der Waals surface area contributed by atoms with Gasteiger partial charge in [-0.1, -0.05) is 12.1 Å². The molecule has 0 aromatic carbocycles. The van der Waals surface area contributed by atoms with E-state index in [1.807, 2.05) is 36.7 Å². The Morgan fingerprint density at radius 1 is 1.25 bits per heavy atom. The molecule has 1 aromatic rings. The highest BCUT2D eigenvalue weighted by molar-refractivity contribution is 5.83. The van der Waals surface area contributed by atoms with Crippen LogP contribution in [0.4, 0.5) is 0 Å². The number of hydrogen-bond acceptors (Lipinski definition) is 2. The summed E-state index contributed by atoms with van der Waals surface area (Å²) in [6.07, 6.45) is 11.4. The molecule has 0 unspecified atom stereocenters. The lowest BCUT2D eigenvalue weighted by Crippen LogP contribution is -2.18. The molecular formula is C13H10N2O. The lowest BCUT2D eigenvalue weighted by Gasteiger charge is -2.14. The Kier molecular flexibility index (Phi) is 1.90. The van der Waals surface area contributed by atoms with Crippen molar-refractivity contribution in [3.05, 3.63) is 70.4 Å². The topological polar surface area (TPSA) is 34.0 Å². The molecule has 1 N–H and O–H groups in total. The van der Waals surface area contributed by atoms with Crippen LogP contribution < -0.4 is 10.9 Å². The van der Waals surface area contributed by atoms with Gasteiger partial charge in [0.25, 0.3) is 5.56 Å². The van der Waals surface area contributed by atoms with Crippen LogP contribution >= 0.6 is 0 Å². The largest absolute Gasteiger partial charge is 0.367 e. The van der Waals surface area contributed by atoms with Gasteiger partial charge >= 0.3 is 0 Å². The molecule has 3 rings (SSSR count). The zero-order valence-corrected chi connectivity index (χ0v) is 8.55. The van der Waals surface area contributed by atoms with Gasteiger partial charge in [0.15, 0.2) is 0 Å². The predicted molar refractivity (Wildman–Crippen MR) is 64.4 cm³/mol. The highest BCUT2D eigenvalue weighted by Crippen LogP contribution is 2.26. The molecule has 0 fully saturated rings. The Morgan fingerprint density at radius 2 is 2.19 bits per heavy atom. The monoisotopic (exact) mass is 210 g/mol. The van der Waals surface area contributed by atoms with Crippen molar-refractivity contribution in [3.63, 3.8) is 0 Å². The maximum absolute atomic E-state index is 11.7.